The van der Waals surface area contributed by atoms with Crippen LogP contribution in [0.15, 0.2) is 6.07 Å². The van der Waals surface area contributed by atoms with Gasteiger partial charge in [0.2, 0.25) is 0 Å². The van der Waals surface area contributed by atoms with Crippen LogP contribution in [-0.2, 0) is 0 Å². The molecule has 0 bridgehead atoms. The number of phenols is 1. The fourth-order valence-corrected chi connectivity index (χ4v) is 2.70. The molecule has 1 aliphatic rings. The maximum Gasteiger partial charge on any atom is 0.163 e. The molecule has 0 radical (unpaired) electrons. The molecule has 1 aromatic rings. The summed E-state index contributed by atoms with van der Waals surface area (Å²) >= 11 is 0. The van der Waals surface area contributed by atoms with Crippen molar-refractivity contribution in [3.05, 3.63) is 22.8 Å². The summed E-state index contributed by atoms with van der Waals surface area (Å²) in [7, 11) is 1.60. The zero-order chi connectivity index (χ0) is 12.4. The highest BCUT2D eigenvalue weighted by atomic mass is 16.5. The third-order valence-electron chi connectivity index (χ3n) is 3.80. The fourth-order valence-electron chi connectivity index (χ4n) is 2.70. The van der Waals surface area contributed by atoms with Crippen molar-refractivity contribution < 1.29 is 9.84 Å². The molecule has 1 atom stereocenters. The number of benzene rings is 1. The summed E-state index contributed by atoms with van der Waals surface area (Å²) < 4.78 is 5.23. The van der Waals surface area contributed by atoms with Gasteiger partial charge in [0.25, 0.3) is 0 Å². The van der Waals surface area contributed by atoms with Crippen molar-refractivity contribution in [2.24, 2.45) is 0 Å². The summed E-state index contributed by atoms with van der Waals surface area (Å²) in [5.74, 6) is 1.38. The van der Waals surface area contributed by atoms with Crippen LogP contribution in [0.25, 0.3) is 0 Å². The van der Waals surface area contributed by atoms with Crippen LogP contribution in [-0.4, -0.2) is 25.3 Å². The SMILES string of the molecule is COc1c(O)cc(C2CCCNC2)c(C)c1C. The highest BCUT2D eigenvalue weighted by Gasteiger charge is 2.21. The van der Waals surface area contributed by atoms with E-state index in [1.165, 1.54) is 24.0 Å². The Hall–Kier alpha value is -1.22. The predicted molar refractivity (Wildman–Crippen MR) is 69.0 cm³/mol. The molecule has 0 saturated carbocycles. The van der Waals surface area contributed by atoms with Crippen LogP contribution in [0.2, 0.25) is 0 Å². The van der Waals surface area contributed by atoms with E-state index < -0.39 is 0 Å². The molecule has 3 heteroatoms. The van der Waals surface area contributed by atoms with E-state index in [0.717, 1.165) is 18.7 Å². The van der Waals surface area contributed by atoms with Crippen LogP contribution in [0.3, 0.4) is 0 Å². The number of hydrogen-bond acceptors (Lipinski definition) is 3. The van der Waals surface area contributed by atoms with Gasteiger partial charge in [-0.3, -0.25) is 0 Å². The number of aromatic hydroxyl groups is 1. The molecule has 3 nitrogen and oxygen atoms in total. The van der Waals surface area contributed by atoms with Crippen molar-refractivity contribution in [2.45, 2.75) is 32.6 Å². The van der Waals surface area contributed by atoms with Crippen LogP contribution in [0.5, 0.6) is 11.5 Å². The smallest absolute Gasteiger partial charge is 0.163 e. The van der Waals surface area contributed by atoms with Gasteiger partial charge < -0.3 is 15.2 Å². The van der Waals surface area contributed by atoms with Gasteiger partial charge in [0.15, 0.2) is 11.5 Å². The Kier molecular flexibility index (Phi) is 3.57. The summed E-state index contributed by atoms with van der Waals surface area (Å²) in [5, 5.41) is 13.4. The molecule has 17 heavy (non-hydrogen) atoms. The van der Waals surface area contributed by atoms with Crippen molar-refractivity contribution in [2.75, 3.05) is 20.2 Å². The molecular formula is C14H21NO2. The second-order valence-corrected chi connectivity index (χ2v) is 4.81. The number of methoxy groups -OCH3 is 1. The highest BCUT2D eigenvalue weighted by Crippen LogP contribution is 2.38. The van der Waals surface area contributed by atoms with Gasteiger partial charge in [0, 0.05) is 6.54 Å². The van der Waals surface area contributed by atoms with Gasteiger partial charge >= 0.3 is 0 Å². The van der Waals surface area contributed by atoms with E-state index in [9.17, 15) is 5.11 Å². The Balaban J connectivity index is 2.40. The number of phenolic OH excluding ortho intramolecular Hbond substituents is 1. The zero-order valence-corrected chi connectivity index (χ0v) is 10.8. The van der Waals surface area contributed by atoms with Crippen molar-refractivity contribution in [3.8, 4) is 11.5 Å². The third-order valence-corrected chi connectivity index (χ3v) is 3.80. The second-order valence-electron chi connectivity index (χ2n) is 4.81. The van der Waals surface area contributed by atoms with Crippen molar-refractivity contribution in [3.63, 3.8) is 0 Å². The molecule has 1 aliphatic heterocycles. The van der Waals surface area contributed by atoms with E-state index in [-0.39, 0.29) is 5.75 Å². The first kappa shape index (κ1) is 12.2. The van der Waals surface area contributed by atoms with Gasteiger partial charge in [-0.05, 0) is 61.9 Å². The van der Waals surface area contributed by atoms with Gasteiger partial charge in [-0.15, -0.1) is 0 Å². The number of rotatable bonds is 2. The lowest BCUT2D eigenvalue weighted by Crippen LogP contribution is -2.28. The van der Waals surface area contributed by atoms with Crippen LogP contribution in [0.1, 0.15) is 35.4 Å². The van der Waals surface area contributed by atoms with Gasteiger partial charge in [-0.1, -0.05) is 0 Å². The van der Waals surface area contributed by atoms with Gasteiger partial charge in [0.1, 0.15) is 0 Å². The van der Waals surface area contributed by atoms with Crippen LogP contribution in [0, 0.1) is 13.8 Å². The van der Waals surface area contributed by atoms with E-state index >= 15 is 0 Å². The minimum atomic E-state index is 0.260. The largest absolute Gasteiger partial charge is 0.504 e. The van der Waals surface area contributed by atoms with E-state index in [2.05, 4.69) is 12.2 Å². The Morgan fingerprint density at radius 2 is 2.12 bits per heavy atom. The first-order valence-electron chi connectivity index (χ1n) is 6.23. The van der Waals surface area contributed by atoms with Crippen LogP contribution >= 0.6 is 0 Å². The monoisotopic (exact) mass is 235 g/mol. The Morgan fingerprint density at radius 1 is 1.35 bits per heavy atom. The summed E-state index contributed by atoms with van der Waals surface area (Å²) in [6.07, 6.45) is 2.40. The second kappa shape index (κ2) is 4.96. The Morgan fingerprint density at radius 3 is 2.71 bits per heavy atom. The van der Waals surface area contributed by atoms with Crippen molar-refractivity contribution >= 4 is 0 Å². The summed E-state index contributed by atoms with van der Waals surface area (Å²) in [6, 6.07) is 1.87. The highest BCUT2D eigenvalue weighted by molar-refractivity contribution is 5.53. The number of hydrogen-bond donors (Lipinski definition) is 2. The maximum atomic E-state index is 9.98. The Bertz CT molecular complexity index is 409. The number of ether oxygens (including phenoxy) is 1. The quantitative estimate of drug-likeness (QED) is 0.827. The van der Waals surface area contributed by atoms with E-state index in [1.54, 1.807) is 7.11 Å². The molecule has 1 fully saturated rings. The van der Waals surface area contributed by atoms with Crippen LogP contribution in [0.4, 0.5) is 0 Å². The lowest BCUT2D eigenvalue weighted by Gasteiger charge is -2.26. The molecule has 0 aliphatic carbocycles. The molecule has 0 spiro atoms. The standard InChI is InChI=1S/C14H21NO2/c1-9-10(2)14(17-3)13(16)7-12(9)11-5-4-6-15-8-11/h7,11,15-16H,4-6,8H2,1-3H3. The molecule has 0 amide bonds. The molecule has 1 heterocycles. The average molecular weight is 235 g/mol. The third kappa shape index (κ3) is 2.25. The zero-order valence-electron chi connectivity index (χ0n) is 10.8. The first-order chi connectivity index (χ1) is 8.15. The predicted octanol–water partition coefficient (Wildman–Crippen LogP) is 2.48. The van der Waals surface area contributed by atoms with Gasteiger partial charge in [-0.25, -0.2) is 0 Å². The topological polar surface area (TPSA) is 41.5 Å². The number of piperidine rings is 1. The van der Waals surface area contributed by atoms with Gasteiger partial charge in [-0.2, -0.15) is 0 Å². The van der Waals surface area contributed by atoms with E-state index in [4.69, 9.17) is 4.74 Å². The molecule has 94 valence electrons. The molecule has 1 aromatic carbocycles. The minimum Gasteiger partial charge on any atom is -0.504 e. The fraction of sp³-hybridized carbons (Fsp3) is 0.571. The molecule has 1 saturated heterocycles. The molecule has 2 N–H and O–H groups in total. The Labute approximate surface area is 103 Å². The molecule has 1 unspecified atom stereocenters. The van der Waals surface area contributed by atoms with Gasteiger partial charge in [0.05, 0.1) is 7.11 Å². The number of nitrogens with one attached hydrogen (secondary N) is 1. The van der Waals surface area contributed by atoms with Crippen LogP contribution < -0.4 is 10.1 Å². The van der Waals surface area contributed by atoms with Crippen molar-refractivity contribution in [1.82, 2.24) is 5.32 Å². The first-order valence-corrected chi connectivity index (χ1v) is 6.23. The lowest BCUT2D eigenvalue weighted by molar-refractivity contribution is 0.368. The normalized spacial score (nSPS) is 20.3. The van der Waals surface area contributed by atoms with E-state index in [1.807, 2.05) is 13.0 Å². The molecule has 0 aromatic heterocycles. The molecule has 2 rings (SSSR count). The van der Waals surface area contributed by atoms with Crippen molar-refractivity contribution in [1.29, 1.82) is 0 Å². The lowest BCUT2D eigenvalue weighted by atomic mass is 9.86. The summed E-state index contributed by atoms with van der Waals surface area (Å²) in [4.78, 5) is 0. The minimum absolute atomic E-state index is 0.260. The average Bonchev–Trinajstić information content (AvgIpc) is 2.35. The summed E-state index contributed by atoms with van der Waals surface area (Å²) in [5.41, 5.74) is 3.55. The molecular weight excluding hydrogens is 214 g/mol. The van der Waals surface area contributed by atoms with E-state index in [0.29, 0.717) is 11.7 Å². The maximum absolute atomic E-state index is 9.98. The summed E-state index contributed by atoms with van der Waals surface area (Å²) in [6.45, 7) is 6.23.